The molecule has 1 saturated heterocycles. The van der Waals surface area contributed by atoms with E-state index >= 15 is 0 Å². The molecule has 0 saturated carbocycles. The molecule has 1 heterocycles. The zero-order chi connectivity index (χ0) is 14.0. The van der Waals surface area contributed by atoms with E-state index < -0.39 is 0 Å². The highest BCUT2D eigenvalue weighted by molar-refractivity contribution is 9.10. The topological polar surface area (TPSA) is 73.1 Å². The van der Waals surface area contributed by atoms with Crippen LogP contribution in [0.5, 0.6) is 5.75 Å². The summed E-state index contributed by atoms with van der Waals surface area (Å²) < 4.78 is 0.561. The molecule has 1 unspecified atom stereocenters. The van der Waals surface area contributed by atoms with Crippen LogP contribution in [-0.4, -0.2) is 39.9 Å². The van der Waals surface area contributed by atoms with Gasteiger partial charge in [0.25, 0.3) is 5.91 Å². The number of benzene rings is 1. The van der Waals surface area contributed by atoms with Crippen LogP contribution in [0.2, 0.25) is 0 Å². The van der Waals surface area contributed by atoms with E-state index in [-0.39, 0.29) is 17.6 Å². The Bertz CT molecular complexity index is 531. The predicted molar refractivity (Wildman–Crippen MR) is 74.7 cm³/mol. The summed E-state index contributed by atoms with van der Waals surface area (Å²) >= 11 is 3.18. The van der Waals surface area contributed by atoms with Gasteiger partial charge < -0.3 is 15.2 Å². The maximum Gasteiger partial charge on any atom is 0.254 e. The average molecular weight is 327 g/mol. The highest BCUT2D eigenvalue weighted by Gasteiger charge is 2.26. The number of likely N-dealkylation sites (tertiary alicyclic amines) is 1. The van der Waals surface area contributed by atoms with Crippen LogP contribution < -0.4 is 0 Å². The average Bonchev–Trinajstić information content (AvgIpc) is 2.41. The molecule has 2 rings (SSSR count). The highest BCUT2D eigenvalue weighted by atomic mass is 79.9. The third-order valence-electron chi connectivity index (χ3n) is 3.31. The number of piperidine rings is 1. The summed E-state index contributed by atoms with van der Waals surface area (Å²) in [6.45, 7) is 2.97. The first-order valence-corrected chi connectivity index (χ1v) is 6.81. The van der Waals surface area contributed by atoms with Crippen molar-refractivity contribution in [1.82, 2.24) is 4.90 Å². The lowest BCUT2D eigenvalue weighted by molar-refractivity contribution is 0.0733. The highest BCUT2D eigenvalue weighted by Crippen LogP contribution is 2.25. The third kappa shape index (κ3) is 2.89. The Kier molecular flexibility index (Phi) is 4.09. The molecule has 5 nitrogen and oxygen atoms in total. The van der Waals surface area contributed by atoms with Gasteiger partial charge in [-0.25, -0.2) is 0 Å². The molecule has 0 aliphatic carbocycles. The van der Waals surface area contributed by atoms with Gasteiger partial charge in [0, 0.05) is 31.0 Å². The minimum atomic E-state index is -0.119. The van der Waals surface area contributed by atoms with Crippen molar-refractivity contribution >= 4 is 27.5 Å². The van der Waals surface area contributed by atoms with Gasteiger partial charge in [-0.1, -0.05) is 12.1 Å². The molecule has 6 heteroatoms. The number of carbonyl (C=O) groups excluding carboxylic acids is 1. The molecule has 1 aliphatic rings. The summed E-state index contributed by atoms with van der Waals surface area (Å²) in [4.78, 5) is 14.0. The fourth-order valence-electron chi connectivity index (χ4n) is 2.18. The number of halogens is 1. The van der Waals surface area contributed by atoms with Gasteiger partial charge in [-0.3, -0.25) is 4.79 Å². The minimum absolute atomic E-state index is 0.0479. The molecule has 0 bridgehead atoms. The standard InChI is InChI=1S/C13H15BrN2O3/c1-8-7-16(5-4-11(8)15-19)13(18)9-2-3-10(14)12(17)6-9/h2-3,6,8,17,19H,4-5,7H2,1H3/b15-11+. The summed E-state index contributed by atoms with van der Waals surface area (Å²) in [5.74, 6) is -0.0214. The number of aromatic hydroxyl groups is 1. The van der Waals surface area contributed by atoms with Crippen LogP contribution >= 0.6 is 15.9 Å². The van der Waals surface area contributed by atoms with E-state index in [9.17, 15) is 9.90 Å². The molecule has 1 aromatic carbocycles. The zero-order valence-electron chi connectivity index (χ0n) is 10.5. The zero-order valence-corrected chi connectivity index (χ0v) is 12.1. The summed E-state index contributed by atoms with van der Waals surface area (Å²) in [5.41, 5.74) is 1.18. The first kappa shape index (κ1) is 13.9. The van der Waals surface area contributed by atoms with E-state index in [4.69, 9.17) is 5.21 Å². The maximum absolute atomic E-state index is 12.3. The normalized spacial score (nSPS) is 21.7. The fraction of sp³-hybridized carbons (Fsp3) is 0.385. The summed E-state index contributed by atoms with van der Waals surface area (Å²) in [6, 6.07) is 4.77. The van der Waals surface area contributed by atoms with Gasteiger partial charge in [0.2, 0.25) is 0 Å². The SMILES string of the molecule is CC1CN(C(=O)c2ccc(Br)c(O)c2)CC/C1=N\O. The Morgan fingerprint density at radius 2 is 2.26 bits per heavy atom. The molecular formula is C13H15BrN2O3. The Hall–Kier alpha value is -1.56. The monoisotopic (exact) mass is 326 g/mol. The molecular weight excluding hydrogens is 312 g/mol. The van der Waals surface area contributed by atoms with Gasteiger partial charge in [0.15, 0.2) is 0 Å². The molecule has 102 valence electrons. The lowest BCUT2D eigenvalue weighted by Crippen LogP contribution is -2.43. The van der Waals surface area contributed by atoms with Crippen molar-refractivity contribution in [2.75, 3.05) is 13.1 Å². The van der Waals surface area contributed by atoms with Crippen molar-refractivity contribution in [3.63, 3.8) is 0 Å². The van der Waals surface area contributed by atoms with Crippen molar-refractivity contribution in [3.05, 3.63) is 28.2 Å². The van der Waals surface area contributed by atoms with Crippen LogP contribution in [0.25, 0.3) is 0 Å². The molecule has 2 N–H and O–H groups in total. The van der Waals surface area contributed by atoms with Gasteiger partial charge in [-0.15, -0.1) is 0 Å². The van der Waals surface area contributed by atoms with Crippen LogP contribution in [0.3, 0.4) is 0 Å². The quantitative estimate of drug-likeness (QED) is 0.615. The molecule has 1 aromatic rings. The number of hydrogen-bond donors (Lipinski definition) is 2. The van der Waals surface area contributed by atoms with Crippen LogP contribution in [0.1, 0.15) is 23.7 Å². The minimum Gasteiger partial charge on any atom is -0.507 e. The summed E-state index contributed by atoms with van der Waals surface area (Å²) in [7, 11) is 0. The molecule has 19 heavy (non-hydrogen) atoms. The predicted octanol–water partition coefficient (Wildman–Crippen LogP) is 2.47. The van der Waals surface area contributed by atoms with Gasteiger partial charge in [-0.2, -0.15) is 0 Å². The molecule has 1 fully saturated rings. The lowest BCUT2D eigenvalue weighted by atomic mass is 9.97. The van der Waals surface area contributed by atoms with Crippen molar-refractivity contribution in [2.24, 2.45) is 11.1 Å². The van der Waals surface area contributed by atoms with Crippen LogP contribution in [-0.2, 0) is 0 Å². The first-order valence-electron chi connectivity index (χ1n) is 6.01. The molecule has 1 aliphatic heterocycles. The second-order valence-electron chi connectivity index (χ2n) is 4.66. The van der Waals surface area contributed by atoms with Crippen molar-refractivity contribution in [1.29, 1.82) is 0 Å². The fourth-order valence-corrected chi connectivity index (χ4v) is 2.43. The third-order valence-corrected chi connectivity index (χ3v) is 3.98. The Morgan fingerprint density at radius 1 is 1.53 bits per heavy atom. The number of carbonyl (C=O) groups is 1. The number of amides is 1. The number of nitrogens with zero attached hydrogens (tertiary/aromatic N) is 2. The van der Waals surface area contributed by atoms with Crippen molar-refractivity contribution in [3.8, 4) is 5.75 Å². The van der Waals surface area contributed by atoms with Gasteiger partial charge >= 0.3 is 0 Å². The van der Waals surface area contributed by atoms with Gasteiger partial charge in [0.05, 0.1) is 10.2 Å². The van der Waals surface area contributed by atoms with Crippen molar-refractivity contribution < 1.29 is 15.1 Å². The number of rotatable bonds is 1. The molecule has 0 aromatic heterocycles. The van der Waals surface area contributed by atoms with E-state index in [1.807, 2.05) is 6.92 Å². The van der Waals surface area contributed by atoms with Crippen LogP contribution in [0.4, 0.5) is 0 Å². The second-order valence-corrected chi connectivity index (χ2v) is 5.51. The first-order chi connectivity index (χ1) is 9.02. The smallest absolute Gasteiger partial charge is 0.254 e. The van der Waals surface area contributed by atoms with Crippen LogP contribution in [0.15, 0.2) is 27.8 Å². The van der Waals surface area contributed by atoms with E-state index in [2.05, 4.69) is 21.1 Å². The number of oxime groups is 1. The Balaban J connectivity index is 2.14. The van der Waals surface area contributed by atoms with E-state index in [0.717, 1.165) is 5.71 Å². The maximum atomic E-state index is 12.3. The van der Waals surface area contributed by atoms with Crippen LogP contribution in [0, 0.1) is 5.92 Å². The Morgan fingerprint density at radius 3 is 2.84 bits per heavy atom. The van der Waals surface area contributed by atoms with Gasteiger partial charge in [0.1, 0.15) is 5.75 Å². The number of phenols is 1. The second kappa shape index (κ2) is 5.61. The molecule has 1 atom stereocenters. The van der Waals surface area contributed by atoms with E-state index in [1.165, 1.54) is 6.07 Å². The number of phenolic OH excluding ortho intramolecular Hbond substituents is 1. The summed E-state index contributed by atoms with van der Waals surface area (Å²) in [5, 5.41) is 21.7. The van der Waals surface area contributed by atoms with E-state index in [1.54, 1.807) is 17.0 Å². The molecule has 1 amide bonds. The largest absolute Gasteiger partial charge is 0.507 e. The number of hydrogen-bond acceptors (Lipinski definition) is 4. The Labute approximate surface area is 119 Å². The summed E-state index contributed by atoms with van der Waals surface area (Å²) in [6.07, 6.45) is 0.575. The lowest BCUT2D eigenvalue weighted by Gasteiger charge is -2.31. The molecule has 0 radical (unpaired) electrons. The van der Waals surface area contributed by atoms with E-state index in [0.29, 0.717) is 29.5 Å². The van der Waals surface area contributed by atoms with Crippen molar-refractivity contribution in [2.45, 2.75) is 13.3 Å². The van der Waals surface area contributed by atoms with Gasteiger partial charge in [-0.05, 0) is 34.1 Å². The molecule has 0 spiro atoms.